The Kier molecular flexibility index (Phi) is 4.86. The number of carbonyl (C=O) groups excluding carboxylic acids is 1. The molecule has 2 atom stereocenters. The maximum absolute atomic E-state index is 12.9. The van der Waals surface area contributed by atoms with Crippen molar-refractivity contribution in [2.75, 3.05) is 0 Å². The Morgan fingerprint density at radius 3 is 2.33 bits per heavy atom. The molecule has 24 heavy (non-hydrogen) atoms. The molecule has 1 aliphatic carbocycles. The normalized spacial score (nSPS) is 18.6. The summed E-state index contributed by atoms with van der Waals surface area (Å²) in [6, 6.07) is 2.25. The SMILES string of the molecule is CC(NC(=O)C1(c2cc(C(F)(F)F)ccc2Cl)CC1)C(C)C(=O)O. The van der Waals surface area contributed by atoms with E-state index in [4.69, 9.17) is 16.7 Å². The first-order valence-electron chi connectivity index (χ1n) is 7.40. The van der Waals surface area contributed by atoms with Gasteiger partial charge in [0.25, 0.3) is 0 Å². The maximum atomic E-state index is 12.9. The first-order chi connectivity index (χ1) is 11.0. The molecule has 132 valence electrons. The van der Waals surface area contributed by atoms with Gasteiger partial charge >= 0.3 is 12.1 Å². The predicted octanol–water partition coefficient (Wildman–Crippen LogP) is 3.62. The molecule has 0 spiro atoms. The summed E-state index contributed by atoms with van der Waals surface area (Å²) in [5, 5.41) is 11.7. The molecule has 8 heteroatoms. The van der Waals surface area contributed by atoms with Gasteiger partial charge in [-0.2, -0.15) is 13.2 Å². The second kappa shape index (κ2) is 6.27. The van der Waals surface area contributed by atoms with Gasteiger partial charge in [0.05, 0.1) is 16.9 Å². The van der Waals surface area contributed by atoms with Crippen LogP contribution in [0.15, 0.2) is 18.2 Å². The molecule has 2 unspecified atom stereocenters. The molecule has 0 heterocycles. The van der Waals surface area contributed by atoms with Gasteiger partial charge in [0.15, 0.2) is 0 Å². The van der Waals surface area contributed by atoms with E-state index in [-0.39, 0.29) is 10.6 Å². The largest absolute Gasteiger partial charge is 0.481 e. The van der Waals surface area contributed by atoms with E-state index >= 15 is 0 Å². The van der Waals surface area contributed by atoms with Crippen molar-refractivity contribution in [3.63, 3.8) is 0 Å². The van der Waals surface area contributed by atoms with Gasteiger partial charge in [-0.25, -0.2) is 0 Å². The van der Waals surface area contributed by atoms with Crippen molar-refractivity contribution < 1.29 is 27.9 Å². The number of alkyl halides is 3. The van der Waals surface area contributed by atoms with Crippen molar-refractivity contribution in [3.8, 4) is 0 Å². The van der Waals surface area contributed by atoms with Gasteiger partial charge in [0, 0.05) is 11.1 Å². The molecule has 1 aliphatic rings. The number of aliphatic carboxylic acids is 1. The van der Waals surface area contributed by atoms with Crippen molar-refractivity contribution >= 4 is 23.5 Å². The first-order valence-corrected chi connectivity index (χ1v) is 7.78. The van der Waals surface area contributed by atoms with E-state index in [1.54, 1.807) is 6.92 Å². The summed E-state index contributed by atoms with van der Waals surface area (Å²) in [4.78, 5) is 23.5. The molecule has 4 nitrogen and oxygen atoms in total. The Morgan fingerprint density at radius 2 is 1.88 bits per heavy atom. The van der Waals surface area contributed by atoms with E-state index in [0.717, 1.165) is 18.2 Å². The maximum Gasteiger partial charge on any atom is 0.416 e. The Morgan fingerprint density at radius 1 is 1.29 bits per heavy atom. The Hall–Kier alpha value is -1.76. The molecule has 1 saturated carbocycles. The number of hydrogen-bond donors (Lipinski definition) is 2. The van der Waals surface area contributed by atoms with Crippen molar-refractivity contribution in [2.24, 2.45) is 5.92 Å². The summed E-state index contributed by atoms with van der Waals surface area (Å²) in [6.07, 6.45) is -3.79. The molecule has 0 bridgehead atoms. The zero-order valence-electron chi connectivity index (χ0n) is 13.1. The number of rotatable bonds is 5. The van der Waals surface area contributed by atoms with Gasteiger partial charge in [-0.15, -0.1) is 0 Å². The van der Waals surface area contributed by atoms with Crippen LogP contribution in [0.1, 0.15) is 37.8 Å². The fourth-order valence-corrected chi connectivity index (χ4v) is 2.79. The average Bonchev–Trinajstić information content (AvgIpc) is 3.27. The molecule has 1 aromatic carbocycles. The number of benzene rings is 1. The van der Waals surface area contributed by atoms with Crippen LogP contribution in [0.3, 0.4) is 0 Å². The second-order valence-corrected chi connectivity index (χ2v) is 6.57. The molecule has 0 radical (unpaired) electrons. The van der Waals surface area contributed by atoms with E-state index < -0.39 is 41.0 Å². The Balaban J connectivity index is 2.28. The Labute approximate surface area is 142 Å². The minimum atomic E-state index is -4.53. The minimum absolute atomic E-state index is 0.0922. The van der Waals surface area contributed by atoms with Crippen LogP contribution in [-0.4, -0.2) is 23.0 Å². The summed E-state index contributed by atoms with van der Waals surface area (Å²) in [5.74, 6) is -2.38. The zero-order chi connectivity index (χ0) is 18.3. The molecular weight excluding hydrogens is 347 g/mol. The van der Waals surface area contributed by atoms with Crippen LogP contribution in [-0.2, 0) is 21.2 Å². The van der Waals surface area contributed by atoms with E-state index in [2.05, 4.69) is 5.32 Å². The van der Waals surface area contributed by atoms with Crippen LogP contribution in [0.4, 0.5) is 13.2 Å². The summed E-state index contributed by atoms with van der Waals surface area (Å²) >= 11 is 6.02. The van der Waals surface area contributed by atoms with Gasteiger partial charge in [0.1, 0.15) is 0 Å². The number of carboxylic acids is 1. The van der Waals surface area contributed by atoms with Gasteiger partial charge in [-0.3, -0.25) is 9.59 Å². The highest BCUT2D eigenvalue weighted by Gasteiger charge is 2.53. The zero-order valence-corrected chi connectivity index (χ0v) is 13.8. The molecule has 1 amide bonds. The fraction of sp³-hybridized carbons (Fsp3) is 0.500. The summed E-state index contributed by atoms with van der Waals surface area (Å²) in [5.41, 5.74) is -1.86. The monoisotopic (exact) mass is 363 g/mol. The van der Waals surface area contributed by atoms with Gasteiger partial charge in [-0.1, -0.05) is 11.6 Å². The van der Waals surface area contributed by atoms with Crippen LogP contribution in [0.2, 0.25) is 5.02 Å². The summed E-state index contributed by atoms with van der Waals surface area (Å²) in [7, 11) is 0. The molecule has 1 fully saturated rings. The third-order valence-corrected chi connectivity index (χ3v) is 4.82. The molecule has 0 saturated heterocycles. The smallest absolute Gasteiger partial charge is 0.416 e. The number of hydrogen-bond acceptors (Lipinski definition) is 2. The van der Waals surface area contributed by atoms with E-state index in [9.17, 15) is 22.8 Å². The third kappa shape index (κ3) is 3.50. The predicted molar refractivity (Wildman–Crippen MR) is 81.8 cm³/mol. The lowest BCUT2D eigenvalue weighted by Crippen LogP contribution is -2.45. The number of halogens is 4. The van der Waals surface area contributed by atoms with Crippen molar-refractivity contribution in [3.05, 3.63) is 34.3 Å². The number of carboxylic acid groups (broad SMARTS) is 1. The lowest BCUT2D eigenvalue weighted by molar-refractivity contribution is -0.142. The minimum Gasteiger partial charge on any atom is -0.481 e. The lowest BCUT2D eigenvalue weighted by atomic mass is 9.92. The quantitative estimate of drug-likeness (QED) is 0.839. The first kappa shape index (κ1) is 18.6. The van der Waals surface area contributed by atoms with Gasteiger partial charge in [-0.05, 0) is 50.5 Å². The molecule has 2 rings (SSSR count). The highest BCUT2D eigenvalue weighted by molar-refractivity contribution is 6.32. The van der Waals surface area contributed by atoms with Gasteiger partial charge in [0.2, 0.25) is 5.91 Å². The second-order valence-electron chi connectivity index (χ2n) is 6.16. The van der Waals surface area contributed by atoms with E-state index in [0.29, 0.717) is 12.8 Å². The van der Waals surface area contributed by atoms with E-state index in [1.165, 1.54) is 6.92 Å². The van der Waals surface area contributed by atoms with Gasteiger partial charge < -0.3 is 10.4 Å². The Bertz CT molecular complexity index is 671. The lowest BCUT2D eigenvalue weighted by Gasteiger charge is -2.23. The van der Waals surface area contributed by atoms with E-state index in [1.807, 2.05) is 0 Å². The van der Waals surface area contributed by atoms with Crippen molar-refractivity contribution in [1.29, 1.82) is 0 Å². The van der Waals surface area contributed by atoms with Crippen LogP contribution >= 0.6 is 11.6 Å². The topological polar surface area (TPSA) is 66.4 Å². The third-order valence-electron chi connectivity index (χ3n) is 4.49. The van der Waals surface area contributed by atoms with Crippen LogP contribution < -0.4 is 5.32 Å². The average molecular weight is 364 g/mol. The summed E-state index contributed by atoms with van der Waals surface area (Å²) in [6.45, 7) is 2.99. The van der Waals surface area contributed by atoms with Crippen LogP contribution in [0.25, 0.3) is 0 Å². The standard InChI is InChI=1S/C16H17ClF3NO3/c1-8(13(22)23)9(2)21-14(24)15(5-6-15)11-7-10(16(18,19)20)3-4-12(11)17/h3-4,7-9H,5-6H2,1-2H3,(H,21,24)(H,22,23). The molecule has 1 aromatic rings. The summed E-state index contributed by atoms with van der Waals surface area (Å²) < 4.78 is 38.7. The molecule has 2 N–H and O–H groups in total. The highest BCUT2D eigenvalue weighted by atomic mass is 35.5. The number of nitrogens with one attached hydrogen (secondary N) is 1. The number of amides is 1. The molecule has 0 aliphatic heterocycles. The molecular formula is C16H17ClF3NO3. The van der Waals surface area contributed by atoms with Crippen LogP contribution in [0, 0.1) is 5.92 Å². The van der Waals surface area contributed by atoms with Crippen molar-refractivity contribution in [1.82, 2.24) is 5.32 Å². The van der Waals surface area contributed by atoms with Crippen molar-refractivity contribution in [2.45, 2.75) is 44.3 Å². The number of carbonyl (C=O) groups is 2. The van der Waals surface area contributed by atoms with Crippen LogP contribution in [0.5, 0.6) is 0 Å². The fourth-order valence-electron chi connectivity index (χ4n) is 2.50. The molecule has 0 aromatic heterocycles. The highest BCUT2D eigenvalue weighted by Crippen LogP contribution is 2.51.